The van der Waals surface area contributed by atoms with Crippen LogP contribution in [0.2, 0.25) is 5.02 Å². The van der Waals surface area contributed by atoms with E-state index in [1.807, 2.05) is 36.4 Å². The number of rotatable bonds is 5. The number of aromatic amines is 1. The van der Waals surface area contributed by atoms with Gasteiger partial charge in [-0.1, -0.05) is 29.8 Å². The van der Waals surface area contributed by atoms with Crippen molar-refractivity contribution in [3.8, 4) is 11.8 Å². The fraction of sp³-hybridized carbons (Fsp3) is 0.0435. The van der Waals surface area contributed by atoms with Gasteiger partial charge < -0.3 is 9.72 Å². The van der Waals surface area contributed by atoms with E-state index in [9.17, 15) is 9.65 Å². The number of ether oxygens (including phenoxy) is 1. The Kier molecular flexibility index (Phi) is 6.79. The number of imidazole rings is 1. The minimum Gasteiger partial charge on any atom is -0.487 e. The number of hydrogen-bond donors (Lipinski definition) is 1. The maximum atomic E-state index is 13.4. The number of nitrogens with one attached hydrogen (secondary N) is 1. The van der Waals surface area contributed by atoms with E-state index in [0.29, 0.717) is 34.1 Å². The van der Waals surface area contributed by atoms with E-state index < -0.39 is 0 Å². The van der Waals surface area contributed by atoms with Crippen LogP contribution in [-0.4, -0.2) is 9.97 Å². The summed E-state index contributed by atoms with van der Waals surface area (Å²) in [6.45, 7) is 0.361. The summed E-state index contributed by atoms with van der Waals surface area (Å²) in [4.78, 5) is 7.41. The van der Waals surface area contributed by atoms with Gasteiger partial charge in [-0.05, 0) is 93.2 Å². The lowest BCUT2D eigenvalue weighted by Crippen LogP contribution is -2.00. The minimum atomic E-state index is -0.360. The molecule has 0 saturated heterocycles. The predicted octanol–water partition coefficient (Wildman–Crippen LogP) is 7.21. The molecule has 1 N–H and O–H groups in total. The van der Waals surface area contributed by atoms with Crippen LogP contribution >= 0.6 is 56.8 Å². The highest BCUT2D eigenvalue weighted by molar-refractivity contribution is 14.1. The monoisotopic (exact) mass is 655 g/mol. The second-order valence-electron chi connectivity index (χ2n) is 6.61. The van der Waals surface area contributed by atoms with Gasteiger partial charge in [-0.15, -0.1) is 0 Å². The molecule has 3 aromatic carbocycles. The lowest BCUT2D eigenvalue weighted by Gasteiger charge is -2.12. The van der Waals surface area contributed by atoms with E-state index in [0.717, 1.165) is 24.0 Å². The third-order valence-corrected chi connectivity index (χ3v) is 6.45. The van der Waals surface area contributed by atoms with E-state index in [4.69, 9.17) is 16.3 Å². The van der Waals surface area contributed by atoms with Gasteiger partial charge in [0.15, 0.2) is 0 Å². The van der Waals surface area contributed by atoms with Crippen molar-refractivity contribution in [2.24, 2.45) is 0 Å². The van der Waals surface area contributed by atoms with E-state index in [2.05, 4.69) is 61.2 Å². The molecule has 0 spiro atoms. The zero-order chi connectivity index (χ0) is 22.0. The second-order valence-corrected chi connectivity index (χ2v) is 9.34. The smallest absolute Gasteiger partial charge is 0.149 e. The molecule has 4 aromatic rings. The van der Waals surface area contributed by atoms with Crippen LogP contribution in [-0.2, 0) is 6.61 Å². The molecule has 0 aliphatic rings. The molecule has 0 unspecified atom stereocenters. The van der Waals surface area contributed by atoms with E-state index in [1.165, 1.54) is 12.1 Å². The van der Waals surface area contributed by atoms with Gasteiger partial charge >= 0.3 is 0 Å². The Bertz CT molecular complexity index is 1340. The van der Waals surface area contributed by atoms with Crippen LogP contribution in [0.5, 0.6) is 5.75 Å². The summed E-state index contributed by atoms with van der Waals surface area (Å²) in [5.74, 6) is 0.796. The van der Waals surface area contributed by atoms with Crippen LogP contribution in [0, 0.1) is 24.3 Å². The summed E-state index contributed by atoms with van der Waals surface area (Å²) in [6.07, 6.45) is 1.75. The van der Waals surface area contributed by atoms with Crippen molar-refractivity contribution in [3.05, 3.63) is 89.5 Å². The fourth-order valence-electron chi connectivity index (χ4n) is 3.00. The highest BCUT2D eigenvalue weighted by Gasteiger charge is 2.12. The quantitative estimate of drug-likeness (QED) is 0.183. The molecule has 0 amide bonds. The van der Waals surface area contributed by atoms with Gasteiger partial charge in [-0.2, -0.15) is 5.26 Å². The molecule has 154 valence electrons. The maximum absolute atomic E-state index is 13.4. The topological polar surface area (TPSA) is 61.7 Å². The van der Waals surface area contributed by atoms with Crippen molar-refractivity contribution in [2.75, 3.05) is 0 Å². The molecule has 0 aliphatic carbocycles. The highest BCUT2D eigenvalue weighted by atomic mass is 127. The number of benzene rings is 3. The average molecular weight is 656 g/mol. The van der Waals surface area contributed by atoms with Crippen molar-refractivity contribution in [3.63, 3.8) is 0 Å². The third kappa shape index (κ3) is 5.02. The number of fused-ring (bicyclic) bond motifs is 1. The minimum absolute atomic E-state index is 0.355. The zero-order valence-electron chi connectivity index (χ0n) is 15.8. The Labute approximate surface area is 210 Å². The normalized spacial score (nSPS) is 11.5. The summed E-state index contributed by atoms with van der Waals surface area (Å²) in [6, 6.07) is 17.9. The number of halogens is 4. The van der Waals surface area contributed by atoms with Crippen LogP contribution in [0.15, 0.2) is 54.6 Å². The van der Waals surface area contributed by atoms with Gasteiger partial charge in [0.2, 0.25) is 0 Å². The molecule has 4 nitrogen and oxygen atoms in total. The van der Waals surface area contributed by atoms with Crippen molar-refractivity contribution >= 4 is 79.5 Å². The first-order chi connectivity index (χ1) is 14.9. The number of allylic oxidation sites excluding steroid dienone is 1. The first-order valence-electron chi connectivity index (χ1n) is 9.07. The number of nitriles is 1. The summed E-state index contributed by atoms with van der Waals surface area (Å²) in [7, 11) is 0. The van der Waals surface area contributed by atoms with Crippen molar-refractivity contribution in [2.45, 2.75) is 6.61 Å². The van der Waals surface area contributed by atoms with Crippen molar-refractivity contribution < 1.29 is 9.13 Å². The molecule has 0 saturated carbocycles. The highest BCUT2D eigenvalue weighted by Crippen LogP contribution is 2.32. The van der Waals surface area contributed by atoms with Gasteiger partial charge in [-0.3, -0.25) is 0 Å². The molecule has 0 aliphatic heterocycles. The number of aromatic nitrogens is 2. The van der Waals surface area contributed by atoms with Gasteiger partial charge in [0, 0.05) is 10.6 Å². The molecule has 8 heteroatoms. The van der Waals surface area contributed by atoms with E-state index in [1.54, 1.807) is 12.1 Å². The van der Waals surface area contributed by atoms with Crippen LogP contribution < -0.4 is 4.74 Å². The SMILES string of the molecule is N#C/C(=C/c1cc(I)c(OCc2ccccc2Cl)c(I)c1)c1nc2ccc(F)cc2[nH]1. The molecule has 0 atom stereocenters. The summed E-state index contributed by atoms with van der Waals surface area (Å²) in [5, 5.41) is 10.3. The van der Waals surface area contributed by atoms with Gasteiger partial charge in [-0.25, -0.2) is 9.37 Å². The molecule has 0 bridgehead atoms. The second kappa shape index (κ2) is 9.54. The molecule has 4 rings (SSSR count). The van der Waals surface area contributed by atoms with Crippen LogP contribution in [0.1, 0.15) is 17.0 Å². The molecule has 31 heavy (non-hydrogen) atoms. The van der Waals surface area contributed by atoms with Gasteiger partial charge in [0.05, 0.1) is 23.7 Å². The Hall–Kier alpha value is -2.16. The van der Waals surface area contributed by atoms with E-state index >= 15 is 0 Å². The molecular formula is C23H13ClFI2N3O. The van der Waals surface area contributed by atoms with Crippen LogP contribution in [0.4, 0.5) is 4.39 Å². The van der Waals surface area contributed by atoms with Gasteiger partial charge in [0.25, 0.3) is 0 Å². The molecule has 1 aromatic heterocycles. The maximum Gasteiger partial charge on any atom is 0.149 e. The number of nitrogens with zero attached hydrogens (tertiary/aromatic N) is 2. The predicted molar refractivity (Wildman–Crippen MR) is 137 cm³/mol. The first kappa shape index (κ1) is 22.0. The first-order valence-corrected chi connectivity index (χ1v) is 11.6. The molecular weight excluding hydrogens is 643 g/mol. The molecule has 1 heterocycles. The van der Waals surface area contributed by atoms with Crippen LogP contribution in [0.3, 0.4) is 0 Å². The van der Waals surface area contributed by atoms with Crippen LogP contribution in [0.25, 0.3) is 22.7 Å². The average Bonchev–Trinajstić information content (AvgIpc) is 3.15. The molecule has 0 radical (unpaired) electrons. The summed E-state index contributed by atoms with van der Waals surface area (Å²) >= 11 is 10.6. The van der Waals surface area contributed by atoms with E-state index in [-0.39, 0.29) is 5.82 Å². The summed E-state index contributed by atoms with van der Waals surface area (Å²) in [5.41, 5.74) is 3.25. The lowest BCUT2D eigenvalue weighted by atomic mass is 10.1. The van der Waals surface area contributed by atoms with Crippen molar-refractivity contribution in [1.29, 1.82) is 5.26 Å². The Balaban J connectivity index is 1.62. The molecule has 0 fully saturated rings. The largest absolute Gasteiger partial charge is 0.487 e. The standard InChI is InChI=1S/C23H13ClFI2N3O/c24-17-4-2-1-3-14(17)12-31-22-18(26)8-13(9-19(22)27)7-15(11-28)23-29-20-6-5-16(25)10-21(20)30-23/h1-10H,12H2,(H,29,30)/b15-7-. The number of hydrogen-bond acceptors (Lipinski definition) is 3. The zero-order valence-corrected chi connectivity index (χ0v) is 20.9. The Morgan fingerprint density at radius 1 is 1.16 bits per heavy atom. The van der Waals surface area contributed by atoms with Gasteiger partial charge in [0.1, 0.15) is 30.1 Å². The number of H-pyrrole nitrogens is 1. The Morgan fingerprint density at radius 3 is 2.61 bits per heavy atom. The summed E-state index contributed by atoms with van der Waals surface area (Å²) < 4.78 is 21.3. The Morgan fingerprint density at radius 2 is 1.90 bits per heavy atom. The fourth-order valence-corrected chi connectivity index (χ4v) is 5.31. The third-order valence-electron chi connectivity index (χ3n) is 4.48. The van der Waals surface area contributed by atoms with Crippen molar-refractivity contribution in [1.82, 2.24) is 9.97 Å². The lowest BCUT2D eigenvalue weighted by molar-refractivity contribution is 0.302.